The van der Waals surface area contributed by atoms with E-state index in [-0.39, 0.29) is 41.3 Å². The van der Waals surface area contributed by atoms with Crippen molar-refractivity contribution in [3.63, 3.8) is 0 Å². The number of anilines is 1. The molecule has 1 heterocycles. The second-order valence-electron chi connectivity index (χ2n) is 8.19. The van der Waals surface area contributed by atoms with Gasteiger partial charge in [0.15, 0.2) is 18.1 Å². The van der Waals surface area contributed by atoms with Gasteiger partial charge in [0, 0.05) is 0 Å². The summed E-state index contributed by atoms with van der Waals surface area (Å²) < 4.78 is 55.1. The summed E-state index contributed by atoms with van der Waals surface area (Å²) >= 11 is 0. The average Bonchev–Trinajstić information content (AvgIpc) is 3.16. The van der Waals surface area contributed by atoms with Crippen molar-refractivity contribution < 1.29 is 46.6 Å². The molecule has 0 saturated heterocycles. The number of nitrogens with zero attached hydrogens (tertiary/aromatic N) is 1. The molecular weight excluding hydrogens is 521 g/mol. The molecule has 0 radical (unpaired) electrons. The van der Waals surface area contributed by atoms with Gasteiger partial charge in [0.25, 0.3) is 17.7 Å². The summed E-state index contributed by atoms with van der Waals surface area (Å²) in [7, 11) is 1.29. The molecule has 1 aliphatic rings. The third-order valence-electron chi connectivity index (χ3n) is 5.69. The number of alkyl halides is 3. The number of para-hydroxylation sites is 1. The number of amides is 3. The number of imide groups is 1. The fourth-order valence-electron chi connectivity index (χ4n) is 3.84. The summed E-state index contributed by atoms with van der Waals surface area (Å²) in [6, 6.07) is 14.9. The van der Waals surface area contributed by atoms with Crippen molar-refractivity contribution in [2.75, 3.05) is 32.2 Å². The molecule has 3 aromatic carbocycles. The van der Waals surface area contributed by atoms with Crippen LogP contribution in [-0.2, 0) is 15.7 Å². The van der Waals surface area contributed by atoms with Crippen LogP contribution in [-0.4, -0.2) is 55.5 Å². The summed E-state index contributed by atoms with van der Waals surface area (Å²) in [5.41, 5.74) is -0.781. The van der Waals surface area contributed by atoms with Gasteiger partial charge in [-0.2, -0.15) is 13.2 Å². The van der Waals surface area contributed by atoms with Crippen LogP contribution in [0.5, 0.6) is 11.5 Å². The maximum atomic E-state index is 13.1. The average molecular weight is 542 g/mol. The highest BCUT2D eigenvalue weighted by Crippen LogP contribution is 2.34. The van der Waals surface area contributed by atoms with Gasteiger partial charge in [-0.05, 0) is 42.5 Å². The minimum absolute atomic E-state index is 0.0549. The number of esters is 1. The van der Waals surface area contributed by atoms with E-state index in [0.29, 0.717) is 0 Å². The molecule has 39 heavy (non-hydrogen) atoms. The van der Waals surface area contributed by atoms with Crippen LogP contribution in [0.15, 0.2) is 66.7 Å². The number of halogens is 3. The van der Waals surface area contributed by atoms with Crippen molar-refractivity contribution in [2.45, 2.75) is 6.18 Å². The van der Waals surface area contributed by atoms with Crippen molar-refractivity contribution >= 4 is 29.4 Å². The van der Waals surface area contributed by atoms with Gasteiger partial charge >= 0.3 is 12.1 Å². The number of ether oxygens (including phenoxy) is 3. The van der Waals surface area contributed by atoms with E-state index >= 15 is 0 Å². The molecule has 202 valence electrons. The SMILES string of the molecule is COc1cc(C(=O)OCCN2C(=O)c3ccccc3C2=O)ccc1OCC(=O)Nc1ccccc1C(F)(F)F. The molecule has 4 rings (SSSR count). The van der Waals surface area contributed by atoms with Gasteiger partial charge < -0.3 is 19.5 Å². The number of rotatable bonds is 9. The van der Waals surface area contributed by atoms with E-state index in [0.717, 1.165) is 17.0 Å². The van der Waals surface area contributed by atoms with Crippen LogP contribution in [0.4, 0.5) is 18.9 Å². The quantitative estimate of drug-likeness (QED) is 0.319. The Morgan fingerprint density at radius 1 is 0.897 bits per heavy atom. The van der Waals surface area contributed by atoms with Gasteiger partial charge in [0.05, 0.1) is 41.6 Å². The van der Waals surface area contributed by atoms with E-state index < -0.39 is 47.7 Å². The van der Waals surface area contributed by atoms with E-state index in [2.05, 4.69) is 5.32 Å². The van der Waals surface area contributed by atoms with Crippen molar-refractivity contribution in [3.8, 4) is 11.5 Å². The number of nitrogens with one attached hydrogen (secondary N) is 1. The normalized spacial score (nSPS) is 12.7. The van der Waals surface area contributed by atoms with Crippen LogP contribution in [0, 0.1) is 0 Å². The Balaban J connectivity index is 1.32. The number of methoxy groups -OCH3 is 1. The first-order valence-corrected chi connectivity index (χ1v) is 11.5. The molecule has 0 fully saturated rings. The molecule has 1 aliphatic heterocycles. The predicted molar refractivity (Wildman–Crippen MR) is 131 cm³/mol. The third kappa shape index (κ3) is 6.00. The lowest BCUT2D eigenvalue weighted by atomic mass is 10.1. The molecule has 0 saturated carbocycles. The Bertz CT molecular complexity index is 1400. The van der Waals surface area contributed by atoms with Crippen LogP contribution in [0.3, 0.4) is 0 Å². The molecule has 12 heteroatoms. The monoisotopic (exact) mass is 542 g/mol. The third-order valence-corrected chi connectivity index (χ3v) is 5.69. The predicted octanol–water partition coefficient (Wildman–Crippen LogP) is 4.18. The lowest BCUT2D eigenvalue weighted by Gasteiger charge is -2.15. The second-order valence-corrected chi connectivity index (χ2v) is 8.19. The topological polar surface area (TPSA) is 111 Å². The standard InChI is InChI=1S/C27H21F3N2O7/c1-37-22-14-16(26(36)38-13-12-32-24(34)17-6-2-3-7-18(17)25(32)35)10-11-21(22)39-15-23(33)31-20-9-5-4-8-19(20)27(28,29)30/h2-11,14H,12-13,15H2,1H3,(H,31,33). The maximum Gasteiger partial charge on any atom is 0.418 e. The maximum absolute atomic E-state index is 13.1. The Morgan fingerprint density at radius 2 is 1.54 bits per heavy atom. The fraction of sp³-hybridized carbons (Fsp3) is 0.185. The highest BCUT2D eigenvalue weighted by Gasteiger charge is 2.35. The Hall–Kier alpha value is -4.87. The van der Waals surface area contributed by atoms with E-state index in [1.807, 2.05) is 0 Å². The summed E-state index contributed by atoms with van der Waals surface area (Å²) in [5, 5.41) is 2.16. The van der Waals surface area contributed by atoms with Gasteiger partial charge in [0.2, 0.25) is 0 Å². The van der Waals surface area contributed by atoms with E-state index in [9.17, 15) is 32.3 Å². The lowest BCUT2D eigenvalue weighted by molar-refractivity contribution is -0.137. The zero-order valence-electron chi connectivity index (χ0n) is 20.4. The van der Waals surface area contributed by atoms with Crippen LogP contribution in [0.1, 0.15) is 36.6 Å². The van der Waals surface area contributed by atoms with Crippen molar-refractivity contribution in [1.29, 1.82) is 0 Å². The molecule has 9 nitrogen and oxygen atoms in total. The number of fused-ring (bicyclic) bond motifs is 1. The van der Waals surface area contributed by atoms with Gasteiger partial charge in [0.1, 0.15) is 6.61 Å². The minimum atomic E-state index is -4.65. The molecule has 0 aromatic heterocycles. The zero-order chi connectivity index (χ0) is 28.2. The highest BCUT2D eigenvalue weighted by atomic mass is 19.4. The number of carbonyl (C=O) groups is 4. The van der Waals surface area contributed by atoms with Gasteiger partial charge in [-0.25, -0.2) is 4.79 Å². The van der Waals surface area contributed by atoms with E-state index in [1.165, 1.54) is 37.4 Å². The fourth-order valence-corrected chi connectivity index (χ4v) is 3.84. The van der Waals surface area contributed by atoms with Gasteiger partial charge in [-0.3, -0.25) is 19.3 Å². The Kier molecular flexibility index (Phi) is 7.84. The molecule has 0 unspecified atom stereocenters. The number of hydrogen-bond donors (Lipinski definition) is 1. The van der Waals surface area contributed by atoms with Crippen molar-refractivity contribution in [1.82, 2.24) is 4.90 Å². The van der Waals surface area contributed by atoms with Crippen LogP contribution in [0.2, 0.25) is 0 Å². The molecule has 3 aromatic rings. The summed E-state index contributed by atoms with van der Waals surface area (Å²) in [5.74, 6) is -2.43. The van der Waals surface area contributed by atoms with Crippen LogP contribution < -0.4 is 14.8 Å². The molecule has 3 amide bonds. The Morgan fingerprint density at radius 3 is 2.18 bits per heavy atom. The Labute approximate surface area is 220 Å². The largest absolute Gasteiger partial charge is 0.493 e. The lowest BCUT2D eigenvalue weighted by Crippen LogP contribution is -2.33. The van der Waals surface area contributed by atoms with Crippen LogP contribution >= 0.6 is 0 Å². The second kappa shape index (κ2) is 11.3. The number of benzene rings is 3. The summed E-state index contributed by atoms with van der Waals surface area (Å²) in [6.07, 6.45) is -4.65. The highest BCUT2D eigenvalue weighted by molar-refractivity contribution is 6.21. The van der Waals surface area contributed by atoms with Crippen LogP contribution in [0.25, 0.3) is 0 Å². The molecule has 0 bridgehead atoms. The molecular formula is C27H21F3N2O7. The van der Waals surface area contributed by atoms with Gasteiger partial charge in [-0.15, -0.1) is 0 Å². The first-order valence-electron chi connectivity index (χ1n) is 11.5. The molecule has 0 spiro atoms. The number of hydrogen-bond acceptors (Lipinski definition) is 7. The first-order chi connectivity index (χ1) is 18.6. The molecule has 1 N–H and O–H groups in total. The minimum Gasteiger partial charge on any atom is -0.493 e. The van der Waals surface area contributed by atoms with Crippen molar-refractivity contribution in [3.05, 3.63) is 89.0 Å². The summed E-state index contributed by atoms with van der Waals surface area (Å²) in [4.78, 5) is 50.5. The molecule has 0 atom stereocenters. The van der Waals surface area contributed by atoms with E-state index in [4.69, 9.17) is 14.2 Å². The molecule has 0 aliphatic carbocycles. The zero-order valence-corrected chi connectivity index (χ0v) is 20.4. The van der Waals surface area contributed by atoms with Gasteiger partial charge in [-0.1, -0.05) is 24.3 Å². The van der Waals surface area contributed by atoms with E-state index in [1.54, 1.807) is 24.3 Å². The number of carbonyl (C=O) groups excluding carboxylic acids is 4. The smallest absolute Gasteiger partial charge is 0.418 e. The van der Waals surface area contributed by atoms with Crippen molar-refractivity contribution in [2.24, 2.45) is 0 Å². The first kappa shape index (κ1) is 27.2. The summed E-state index contributed by atoms with van der Waals surface area (Å²) in [6.45, 7) is -1.01.